The van der Waals surface area contributed by atoms with Crippen molar-refractivity contribution in [2.75, 3.05) is 4.31 Å². The lowest BCUT2D eigenvalue weighted by Crippen LogP contribution is -2.30. The minimum Gasteiger partial charge on any atom is -0.493 e. The summed E-state index contributed by atoms with van der Waals surface area (Å²) >= 11 is 0. The van der Waals surface area contributed by atoms with Crippen molar-refractivity contribution in [2.24, 2.45) is 5.92 Å². The summed E-state index contributed by atoms with van der Waals surface area (Å²) < 4.78 is 33.7. The highest BCUT2D eigenvalue weighted by molar-refractivity contribution is 7.91. The molecule has 34 heavy (non-hydrogen) atoms. The number of nitrogens with zero attached hydrogens (tertiary/aromatic N) is 2. The molecule has 0 saturated carbocycles. The quantitative estimate of drug-likeness (QED) is 0.399. The first-order chi connectivity index (χ1) is 16.2. The molecule has 1 atom stereocenters. The number of aliphatic hydroxyl groups is 1. The van der Waals surface area contributed by atoms with Crippen molar-refractivity contribution < 1.29 is 23.1 Å². The standard InChI is InChI=1S/C25H23N3O5S/c1-16(14-26)7-8-18-9-10-19-13-23(33-25(30)21-6-4-3-5-17(21)2)22(12-20(19)11-18)28-15-24(29)27-34(28,31)32/h3-6,9-13,15-16,27,29H,7-8H2,1-2H3. The van der Waals surface area contributed by atoms with Crippen LogP contribution in [0.4, 0.5) is 5.69 Å². The maximum Gasteiger partial charge on any atom is 0.343 e. The number of ether oxygens (including phenoxy) is 1. The monoisotopic (exact) mass is 477 g/mol. The normalized spacial score (nSPS) is 15.3. The zero-order valence-corrected chi connectivity index (χ0v) is 19.5. The third kappa shape index (κ3) is 4.67. The van der Waals surface area contributed by atoms with Crippen molar-refractivity contribution in [2.45, 2.75) is 26.7 Å². The Morgan fingerprint density at radius 2 is 1.94 bits per heavy atom. The van der Waals surface area contributed by atoms with Crippen LogP contribution < -0.4 is 13.8 Å². The first-order valence-electron chi connectivity index (χ1n) is 10.6. The van der Waals surface area contributed by atoms with Crippen LogP contribution in [0.5, 0.6) is 5.75 Å². The maximum absolute atomic E-state index is 12.9. The highest BCUT2D eigenvalue weighted by Crippen LogP contribution is 2.37. The van der Waals surface area contributed by atoms with Crippen LogP contribution in [0.3, 0.4) is 0 Å². The first-order valence-corrected chi connectivity index (χ1v) is 12.1. The molecular formula is C25H23N3O5S. The molecule has 0 aliphatic carbocycles. The number of anilines is 1. The van der Waals surface area contributed by atoms with Crippen LogP contribution in [0.25, 0.3) is 10.8 Å². The van der Waals surface area contributed by atoms with Crippen LogP contribution in [-0.4, -0.2) is 19.5 Å². The van der Waals surface area contributed by atoms with Gasteiger partial charge in [-0.15, -0.1) is 0 Å². The van der Waals surface area contributed by atoms with E-state index in [1.54, 1.807) is 43.3 Å². The highest BCUT2D eigenvalue weighted by Gasteiger charge is 2.32. The highest BCUT2D eigenvalue weighted by atomic mass is 32.2. The van der Waals surface area contributed by atoms with E-state index in [0.29, 0.717) is 18.4 Å². The third-order valence-corrected chi connectivity index (χ3v) is 6.89. The van der Waals surface area contributed by atoms with Crippen molar-refractivity contribution >= 4 is 32.6 Å². The molecule has 3 aromatic rings. The summed E-state index contributed by atoms with van der Waals surface area (Å²) in [5.74, 6) is -1.22. The van der Waals surface area contributed by atoms with E-state index in [1.807, 2.05) is 29.8 Å². The van der Waals surface area contributed by atoms with E-state index in [2.05, 4.69) is 6.07 Å². The fourth-order valence-corrected chi connectivity index (χ4v) is 4.77. The molecule has 2 N–H and O–H groups in total. The largest absolute Gasteiger partial charge is 0.493 e. The van der Waals surface area contributed by atoms with Gasteiger partial charge in [-0.25, -0.2) is 13.8 Å². The molecule has 0 fully saturated rings. The van der Waals surface area contributed by atoms with E-state index in [4.69, 9.17) is 10.00 Å². The summed E-state index contributed by atoms with van der Waals surface area (Å²) in [5.41, 5.74) is 2.15. The molecule has 1 heterocycles. The van der Waals surface area contributed by atoms with E-state index in [9.17, 15) is 18.3 Å². The molecule has 3 aromatic carbocycles. The van der Waals surface area contributed by atoms with Crippen molar-refractivity contribution in [1.29, 1.82) is 5.26 Å². The Bertz CT molecular complexity index is 1460. The van der Waals surface area contributed by atoms with Gasteiger partial charge in [0.05, 0.1) is 17.8 Å². The topological polar surface area (TPSA) is 120 Å². The van der Waals surface area contributed by atoms with Gasteiger partial charge in [0.1, 0.15) is 5.69 Å². The van der Waals surface area contributed by atoms with Gasteiger partial charge >= 0.3 is 16.2 Å². The Kier molecular flexibility index (Phi) is 6.18. The predicted octanol–water partition coefficient (Wildman–Crippen LogP) is 4.47. The summed E-state index contributed by atoms with van der Waals surface area (Å²) in [7, 11) is -4.11. The Morgan fingerprint density at radius 1 is 1.18 bits per heavy atom. The molecule has 1 aliphatic rings. The smallest absolute Gasteiger partial charge is 0.343 e. The van der Waals surface area contributed by atoms with E-state index in [-0.39, 0.29) is 17.4 Å². The van der Waals surface area contributed by atoms with Gasteiger partial charge < -0.3 is 9.84 Å². The summed E-state index contributed by atoms with van der Waals surface area (Å²) in [6.45, 7) is 3.64. The fourth-order valence-electron chi connectivity index (χ4n) is 3.72. The Labute approximate surface area is 197 Å². The molecule has 0 spiro atoms. The second kappa shape index (κ2) is 9.08. The van der Waals surface area contributed by atoms with E-state index >= 15 is 0 Å². The Morgan fingerprint density at radius 3 is 2.62 bits per heavy atom. The van der Waals surface area contributed by atoms with Crippen molar-refractivity contribution in [3.05, 3.63) is 83.4 Å². The summed E-state index contributed by atoms with van der Waals surface area (Å²) in [6.07, 6.45) is 2.40. The lowest BCUT2D eigenvalue weighted by molar-refractivity contribution is 0.0735. The summed E-state index contributed by atoms with van der Waals surface area (Å²) in [6, 6.07) is 18.0. The lowest BCUT2D eigenvalue weighted by atomic mass is 9.99. The zero-order valence-electron chi connectivity index (χ0n) is 18.6. The van der Waals surface area contributed by atoms with Gasteiger partial charge in [0, 0.05) is 5.92 Å². The van der Waals surface area contributed by atoms with Gasteiger partial charge in [0.2, 0.25) is 5.88 Å². The predicted molar refractivity (Wildman–Crippen MR) is 128 cm³/mol. The van der Waals surface area contributed by atoms with E-state index in [1.165, 1.54) is 0 Å². The number of benzene rings is 3. The molecule has 9 heteroatoms. The van der Waals surface area contributed by atoms with E-state index < -0.39 is 22.1 Å². The molecule has 4 rings (SSSR count). The number of esters is 1. The number of carbonyl (C=O) groups is 1. The molecule has 0 radical (unpaired) electrons. The summed E-state index contributed by atoms with van der Waals surface area (Å²) in [5, 5.41) is 20.3. The summed E-state index contributed by atoms with van der Waals surface area (Å²) in [4.78, 5) is 12.9. The molecule has 0 amide bonds. The SMILES string of the molecule is Cc1ccccc1C(=O)Oc1cc2ccc(CCC(C)C#N)cc2cc1N1C=C(O)NS1(=O)=O. The average molecular weight is 478 g/mol. The number of hydrogen-bond acceptors (Lipinski definition) is 6. The van der Waals surface area contributed by atoms with Gasteiger partial charge in [-0.05, 0) is 66.8 Å². The van der Waals surface area contributed by atoms with Crippen LogP contribution in [-0.2, 0) is 16.6 Å². The molecule has 1 unspecified atom stereocenters. The minimum absolute atomic E-state index is 0.0305. The first kappa shape index (κ1) is 23.1. The number of hydrogen-bond donors (Lipinski definition) is 2. The Balaban J connectivity index is 1.79. The number of aryl methyl sites for hydroxylation is 2. The molecule has 174 valence electrons. The van der Waals surface area contributed by atoms with Crippen molar-refractivity contribution in [3.63, 3.8) is 0 Å². The van der Waals surface area contributed by atoms with E-state index in [0.717, 1.165) is 32.4 Å². The maximum atomic E-state index is 12.9. The van der Waals surface area contributed by atoms with Gasteiger partial charge in [-0.2, -0.15) is 13.7 Å². The molecular weight excluding hydrogens is 454 g/mol. The van der Waals surface area contributed by atoms with Gasteiger partial charge in [0.25, 0.3) is 0 Å². The average Bonchev–Trinajstić information content (AvgIpc) is 3.08. The Hall–Kier alpha value is -4.03. The number of fused-ring (bicyclic) bond motifs is 1. The molecule has 8 nitrogen and oxygen atoms in total. The van der Waals surface area contributed by atoms with Crippen LogP contribution in [0, 0.1) is 24.2 Å². The van der Waals surface area contributed by atoms with Crippen molar-refractivity contribution in [3.8, 4) is 11.8 Å². The van der Waals surface area contributed by atoms with Crippen molar-refractivity contribution in [1.82, 2.24) is 4.72 Å². The number of nitriles is 1. The second-order valence-electron chi connectivity index (χ2n) is 8.19. The van der Waals surface area contributed by atoms with Gasteiger partial charge in [-0.1, -0.05) is 36.4 Å². The fraction of sp³-hybridized carbons (Fsp3) is 0.200. The molecule has 0 saturated heterocycles. The lowest BCUT2D eigenvalue weighted by Gasteiger charge is -2.19. The van der Waals surface area contributed by atoms with Crippen LogP contribution in [0.2, 0.25) is 0 Å². The molecule has 0 bridgehead atoms. The number of rotatable bonds is 6. The van der Waals surface area contributed by atoms with Crippen LogP contribution in [0.1, 0.15) is 34.8 Å². The number of nitrogens with one attached hydrogen (secondary N) is 1. The second-order valence-corrected chi connectivity index (χ2v) is 9.74. The van der Waals surface area contributed by atoms with Crippen LogP contribution in [0.15, 0.2) is 66.7 Å². The molecule has 0 aromatic heterocycles. The number of carbonyl (C=O) groups excluding carboxylic acids is 1. The van der Waals surface area contributed by atoms with Crippen LogP contribution >= 0.6 is 0 Å². The minimum atomic E-state index is -4.11. The number of aliphatic hydroxyl groups excluding tert-OH is 1. The third-order valence-electron chi connectivity index (χ3n) is 5.61. The molecule has 1 aliphatic heterocycles. The van der Waals surface area contributed by atoms with Gasteiger partial charge in [0.15, 0.2) is 5.75 Å². The zero-order chi connectivity index (χ0) is 24.5. The van der Waals surface area contributed by atoms with Gasteiger partial charge in [-0.3, -0.25) is 0 Å².